The minimum Gasteiger partial charge on any atom is -0.481 e. The van der Waals surface area contributed by atoms with Crippen molar-refractivity contribution in [2.75, 3.05) is 13.7 Å². The standard InChI is InChI=1S/C16H23NO6S/c1-10(2)7-13(15(18)19)9-17-24(21,22)14-6-5-12(8-11(14)3)16(20)23-4/h5-6,8,10,13,17H,7,9H2,1-4H3,(H,18,19). The zero-order valence-corrected chi connectivity index (χ0v) is 15.0. The molecule has 0 fully saturated rings. The van der Waals surface area contributed by atoms with Gasteiger partial charge in [0.1, 0.15) is 0 Å². The summed E-state index contributed by atoms with van der Waals surface area (Å²) in [6.45, 7) is 5.12. The van der Waals surface area contributed by atoms with Crippen molar-refractivity contribution in [2.24, 2.45) is 11.8 Å². The number of hydrogen-bond acceptors (Lipinski definition) is 5. The van der Waals surface area contributed by atoms with Gasteiger partial charge >= 0.3 is 11.9 Å². The maximum atomic E-state index is 12.4. The molecular formula is C16H23NO6S. The normalized spacial score (nSPS) is 12.9. The van der Waals surface area contributed by atoms with Crippen LogP contribution in [0.1, 0.15) is 36.2 Å². The molecule has 1 aromatic rings. The molecular weight excluding hydrogens is 334 g/mol. The van der Waals surface area contributed by atoms with E-state index >= 15 is 0 Å². The molecule has 0 aliphatic carbocycles. The fourth-order valence-corrected chi connectivity index (χ4v) is 3.63. The van der Waals surface area contributed by atoms with Crippen LogP contribution in [-0.2, 0) is 19.6 Å². The minimum absolute atomic E-state index is 0.00355. The van der Waals surface area contributed by atoms with Gasteiger partial charge in [-0.3, -0.25) is 4.79 Å². The third-order valence-electron chi connectivity index (χ3n) is 3.51. The summed E-state index contributed by atoms with van der Waals surface area (Å²) in [6, 6.07) is 4.08. The second kappa shape index (κ2) is 8.25. The fourth-order valence-electron chi connectivity index (χ4n) is 2.32. The molecule has 8 heteroatoms. The number of benzene rings is 1. The van der Waals surface area contributed by atoms with Crippen molar-refractivity contribution in [1.29, 1.82) is 0 Å². The molecule has 0 radical (unpaired) electrons. The van der Waals surface area contributed by atoms with Crippen molar-refractivity contribution in [3.63, 3.8) is 0 Å². The van der Waals surface area contributed by atoms with E-state index in [0.717, 1.165) is 0 Å². The molecule has 24 heavy (non-hydrogen) atoms. The van der Waals surface area contributed by atoms with Gasteiger partial charge in [0.25, 0.3) is 0 Å². The molecule has 0 aromatic heterocycles. The molecule has 7 nitrogen and oxygen atoms in total. The van der Waals surface area contributed by atoms with Gasteiger partial charge in [-0.1, -0.05) is 13.8 Å². The predicted octanol–water partition coefficient (Wildman–Crippen LogP) is 1.81. The molecule has 0 heterocycles. The zero-order chi connectivity index (χ0) is 18.5. The van der Waals surface area contributed by atoms with Crippen molar-refractivity contribution in [3.05, 3.63) is 29.3 Å². The second-order valence-electron chi connectivity index (χ2n) is 5.99. The van der Waals surface area contributed by atoms with Crippen molar-refractivity contribution < 1.29 is 27.9 Å². The van der Waals surface area contributed by atoms with E-state index in [1.165, 1.54) is 25.3 Å². The van der Waals surface area contributed by atoms with Crippen molar-refractivity contribution >= 4 is 22.0 Å². The highest BCUT2D eigenvalue weighted by Crippen LogP contribution is 2.18. The van der Waals surface area contributed by atoms with Gasteiger partial charge < -0.3 is 9.84 Å². The third-order valence-corrected chi connectivity index (χ3v) is 5.09. The number of carboxylic acid groups (broad SMARTS) is 1. The summed E-state index contributed by atoms with van der Waals surface area (Å²) >= 11 is 0. The maximum absolute atomic E-state index is 12.4. The van der Waals surface area contributed by atoms with Gasteiger partial charge in [-0.15, -0.1) is 0 Å². The van der Waals surface area contributed by atoms with Crippen molar-refractivity contribution in [1.82, 2.24) is 4.72 Å². The third kappa shape index (κ3) is 5.31. The first kappa shape index (κ1) is 20.1. The molecule has 0 aliphatic rings. The number of carbonyl (C=O) groups is 2. The summed E-state index contributed by atoms with van der Waals surface area (Å²) in [5.41, 5.74) is 0.623. The molecule has 0 saturated carbocycles. The average molecular weight is 357 g/mol. The van der Waals surface area contributed by atoms with E-state index in [9.17, 15) is 23.1 Å². The molecule has 1 atom stereocenters. The molecule has 0 amide bonds. The Morgan fingerprint density at radius 1 is 1.29 bits per heavy atom. The highest BCUT2D eigenvalue weighted by molar-refractivity contribution is 7.89. The van der Waals surface area contributed by atoms with Crippen LogP contribution in [0.3, 0.4) is 0 Å². The molecule has 0 aliphatic heterocycles. The number of methoxy groups -OCH3 is 1. The lowest BCUT2D eigenvalue weighted by molar-refractivity contribution is -0.142. The molecule has 134 valence electrons. The monoisotopic (exact) mass is 357 g/mol. The number of hydrogen-bond donors (Lipinski definition) is 2. The molecule has 0 bridgehead atoms. The van der Waals surface area contributed by atoms with Gasteiger partial charge in [0.15, 0.2) is 0 Å². The quantitative estimate of drug-likeness (QED) is 0.687. The molecule has 0 spiro atoms. The lowest BCUT2D eigenvalue weighted by Crippen LogP contribution is -2.34. The van der Waals surface area contributed by atoms with Crippen molar-refractivity contribution in [3.8, 4) is 0 Å². The van der Waals surface area contributed by atoms with E-state index in [2.05, 4.69) is 9.46 Å². The highest BCUT2D eigenvalue weighted by atomic mass is 32.2. The number of nitrogens with one attached hydrogen (secondary N) is 1. The molecule has 1 unspecified atom stereocenters. The molecule has 1 rings (SSSR count). The maximum Gasteiger partial charge on any atom is 0.337 e. The summed E-state index contributed by atoms with van der Waals surface area (Å²) in [5, 5.41) is 9.18. The Bertz CT molecular complexity index is 711. The van der Waals surface area contributed by atoms with E-state index < -0.39 is 27.9 Å². The fraction of sp³-hybridized carbons (Fsp3) is 0.500. The van der Waals surface area contributed by atoms with E-state index in [1.807, 2.05) is 13.8 Å². The van der Waals surface area contributed by atoms with Gasteiger partial charge in [0.05, 0.1) is 23.5 Å². The number of carboxylic acids is 1. The number of sulfonamides is 1. The molecule has 1 aromatic carbocycles. The Labute approximate surface area is 142 Å². The molecule has 0 saturated heterocycles. The lowest BCUT2D eigenvalue weighted by atomic mass is 9.98. The largest absolute Gasteiger partial charge is 0.481 e. The van der Waals surface area contributed by atoms with Gasteiger partial charge in [0, 0.05) is 6.54 Å². The Morgan fingerprint density at radius 2 is 1.92 bits per heavy atom. The Kier molecular flexibility index (Phi) is 6.92. The van der Waals surface area contributed by atoms with Gasteiger partial charge in [0.2, 0.25) is 10.0 Å². The van der Waals surface area contributed by atoms with Crippen LogP contribution >= 0.6 is 0 Å². The smallest absolute Gasteiger partial charge is 0.337 e. The first-order chi connectivity index (χ1) is 11.1. The van der Waals surface area contributed by atoms with E-state index in [0.29, 0.717) is 12.0 Å². The van der Waals surface area contributed by atoms with E-state index in [1.54, 1.807) is 6.92 Å². The molecule has 2 N–H and O–H groups in total. The topological polar surface area (TPSA) is 110 Å². The number of ether oxygens (including phenoxy) is 1. The summed E-state index contributed by atoms with van der Waals surface area (Å²) in [4.78, 5) is 22.7. The number of rotatable bonds is 8. The Balaban J connectivity index is 2.96. The zero-order valence-electron chi connectivity index (χ0n) is 14.2. The first-order valence-electron chi connectivity index (χ1n) is 7.50. The van der Waals surface area contributed by atoms with Crippen LogP contribution in [-0.4, -0.2) is 39.1 Å². The van der Waals surface area contributed by atoms with Gasteiger partial charge in [-0.2, -0.15) is 0 Å². The minimum atomic E-state index is -3.87. The number of carbonyl (C=O) groups excluding carboxylic acids is 1. The average Bonchev–Trinajstić information content (AvgIpc) is 2.49. The van der Waals surface area contributed by atoms with Crippen LogP contribution in [0.5, 0.6) is 0 Å². The first-order valence-corrected chi connectivity index (χ1v) is 8.98. The summed E-state index contributed by atoms with van der Waals surface area (Å²) in [6.07, 6.45) is 0.373. The van der Waals surface area contributed by atoms with E-state index in [4.69, 9.17) is 0 Å². The van der Waals surface area contributed by atoms with Gasteiger partial charge in [-0.25, -0.2) is 17.9 Å². The van der Waals surface area contributed by atoms with Crippen LogP contribution in [0, 0.1) is 18.8 Å². The number of esters is 1. The summed E-state index contributed by atoms with van der Waals surface area (Å²) in [7, 11) is -2.63. The van der Waals surface area contributed by atoms with Crippen LogP contribution in [0.4, 0.5) is 0 Å². The SMILES string of the molecule is COC(=O)c1ccc(S(=O)(=O)NCC(CC(C)C)C(=O)O)c(C)c1. The second-order valence-corrected chi connectivity index (χ2v) is 7.72. The predicted molar refractivity (Wildman–Crippen MR) is 88.3 cm³/mol. The number of aryl methyl sites for hydroxylation is 1. The van der Waals surface area contributed by atoms with Crippen molar-refractivity contribution in [2.45, 2.75) is 32.1 Å². The van der Waals surface area contributed by atoms with Crippen LogP contribution < -0.4 is 4.72 Å². The van der Waals surface area contributed by atoms with Crippen LogP contribution in [0.2, 0.25) is 0 Å². The number of aliphatic carboxylic acids is 1. The van der Waals surface area contributed by atoms with Crippen LogP contribution in [0.15, 0.2) is 23.1 Å². The summed E-state index contributed by atoms with van der Waals surface area (Å²) < 4.78 is 31.7. The summed E-state index contributed by atoms with van der Waals surface area (Å²) in [5.74, 6) is -2.26. The van der Waals surface area contributed by atoms with E-state index in [-0.39, 0.29) is 22.9 Å². The van der Waals surface area contributed by atoms with Crippen LogP contribution in [0.25, 0.3) is 0 Å². The Morgan fingerprint density at radius 3 is 2.38 bits per heavy atom. The lowest BCUT2D eigenvalue weighted by Gasteiger charge is -2.16. The Hall–Kier alpha value is -1.93. The highest BCUT2D eigenvalue weighted by Gasteiger charge is 2.24. The van der Waals surface area contributed by atoms with Gasteiger partial charge in [-0.05, 0) is 43.0 Å².